The molecule has 4 heteroatoms. The van der Waals surface area contributed by atoms with E-state index in [-0.39, 0.29) is 0 Å². The summed E-state index contributed by atoms with van der Waals surface area (Å²) in [4.78, 5) is 2.32. The molecule has 0 aliphatic rings. The van der Waals surface area contributed by atoms with Crippen LogP contribution < -0.4 is 5.32 Å². The van der Waals surface area contributed by atoms with E-state index >= 15 is 0 Å². The lowest BCUT2D eigenvalue weighted by Crippen LogP contribution is -2.28. The summed E-state index contributed by atoms with van der Waals surface area (Å²) in [6.45, 7) is 6.99. The Balaban J connectivity index is 2.35. The summed E-state index contributed by atoms with van der Waals surface area (Å²) in [7, 11) is 4.17. The highest BCUT2D eigenvalue weighted by Crippen LogP contribution is 2.19. The van der Waals surface area contributed by atoms with Gasteiger partial charge in [0.15, 0.2) is 0 Å². The highest BCUT2D eigenvalue weighted by molar-refractivity contribution is 9.10. The summed E-state index contributed by atoms with van der Waals surface area (Å²) in [6.07, 6.45) is 1.41. The first-order valence-corrected chi connectivity index (χ1v) is 8.05. The molecule has 3 nitrogen and oxygen atoms in total. The molecule has 20 heavy (non-hydrogen) atoms. The number of ether oxygens (including phenoxy) is 1. The van der Waals surface area contributed by atoms with Crippen LogP contribution in [-0.2, 0) is 4.74 Å². The van der Waals surface area contributed by atoms with Gasteiger partial charge in [0.05, 0.1) is 12.7 Å². The molecule has 0 spiro atoms. The first-order valence-electron chi connectivity index (χ1n) is 7.25. The molecule has 0 saturated carbocycles. The predicted octanol–water partition coefficient (Wildman–Crippen LogP) is 3.46. The molecule has 1 unspecified atom stereocenters. The lowest BCUT2D eigenvalue weighted by atomic mass is 10.0. The molecule has 0 radical (unpaired) electrons. The third-order valence-electron chi connectivity index (χ3n) is 3.34. The molecule has 0 bridgehead atoms. The summed E-state index contributed by atoms with van der Waals surface area (Å²) < 4.78 is 6.71. The number of likely N-dealkylation sites (N-methyl/N-ethyl adjacent to an activating group) is 1. The quantitative estimate of drug-likeness (QED) is 0.743. The maximum absolute atomic E-state index is 5.58. The smallest absolute Gasteiger partial charge is 0.0596 e. The fraction of sp³-hybridized carbons (Fsp3) is 0.625. The minimum Gasteiger partial charge on any atom is -0.377 e. The van der Waals surface area contributed by atoms with Crippen molar-refractivity contribution in [1.29, 1.82) is 0 Å². The molecule has 0 aromatic heterocycles. The largest absolute Gasteiger partial charge is 0.377 e. The van der Waals surface area contributed by atoms with Crippen LogP contribution in [0.2, 0.25) is 0 Å². The fourth-order valence-corrected chi connectivity index (χ4v) is 2.34. The highest BCUT2D eigenvalue weighted by Gasteiger charge is 2.10. The molecular formula is C16H27BrN2O. The van der Waals surface area contributed by atoms with Gasteiger partial charge in [-0.2, -0.15) is 0 Å². The summed E-state index contributed by atoms with van der Waals surface area (Å²) in [6, 6.07) is 8.94. The lowest BCUT2D eigenvalue weighted by molar-refractivity contribution is 0.0633. The Labute approximate surface area is 131 Å². The molecule has 1 atom stereocenters. The number of nitrogens with zero attached hydrogens (tertiary/aromatic N) is 1. The van der Waals surface area contributed by atoms with Gasteiger partial charge in [0.25, 0.3) is 0 Å². The minimum absolute atomic E-state index is 0.316. The third-order valence-corrected chi connectivity index (χ3v) is 3.87. The van der Waals surface area contributed by atoms with Crippen molar-refractivity contribution in [1.82, 2.24) is 10.2 Å². The van der Waals surface area contributed by atoms with E-state index in [4.69, 9.17) is 4.74 Å². The summed E-state index contributed by atoms with van der Waals surface area (Å²) >= 11 is 3.48. The second kappa shape index (κ2) is 9.50. The standard InChI is InChI=1S/C16H27BrN2O/c1-13(2)20-12-11-19(4)10-9-16(18-3)14-5-7-15(17)8-6-14/h5-8,13,16,18H,9-12H2,1-4H3. The van der Waals surface area contributed by atoms with Crippen LogP contribution in [0, 0.1) is 0 Å². The number of rotatable bonds is 9. The Hall–Kier alpha value is -0.420. The number of nitrogens with one attached hydrogen (secondary N) is 1. The van der Waals surface area contributed by atoms with Crippen molar-refractivity contribution in [2.45, 2.75) is 32.4 Å². The van der Waals surface area contributed by atoms with Gasteiger partial charge in [0, 0.05) is 17.1 Å². The van der Waals surface area contributed by atoms with Gasteiger partial charge >= 0.3 is 0 Å². The first kappa shape index (κ1) is 17.6. The number of benzene rings is 1. The van der Waals surface area contributed by atoms with Crippen LogP contribution in [0.4, 0.5) is 0 Å². The van der Waals surface area contributed by atoms with Crippen LogP contribution in [0.3, 0.4) is 0 Å². The van der Waals surface area contributed by atoms with Gasteiger partial charge in [-0.15, -0.1) is 0 Å². The Morgan fingerprint density at radius 3 is 2.40 bits per heavy atom. The topological polar surface area (TPSA) is 24.5 Å². The Morgan fingerprint density at radius 1 is 1.20 bits per heavy atom. The van der Waals surface area contributed by atoms with Crippen molar-refractivity contribution in [3.63, 3.8) is 0 Å². The second-order valence-electron chi connectivity index (χ2n) is 5.40. The van der Waals surface area contributed by atoms with Crippen LogP contribution in [0.5, 0.6) is 0 Å². The maximum atomic E-state index is 5.58. The maximum Gasteiger partial charge on any atom is 0.0596 e. The Kier molecular flexibility index (Phi) is 8.38. The van der Waals surface area contributed by atoms with Crippen LogP contribution in [0.25, 0.3) is 0 Å². The first-order chi connectivity index (χ1) is 9.52. The van der Waals surface area contributed by atoms with Crippen LogP contribution >= 0.6 is 15.9 Å². The van der Waals surface area contributed by atoms with Gasteiger partial charge in [-0.25, -0.2) is 0 Å². The highest BCUT2D eigenvalue weighted by atomic mass is 79.9. The van der Waals surface area contributed by atoms with E-state index in [0.29, 0.717) is 12.1 Å². The van der Waals surface area contributed by atoms with Crippen LogP contribution in [0.15, 0.2) is 28.7 Å². The summed E-state index contributed by atoms with van der Waals surface area (Å²) in [5, 5.41) is 3.39. The minimum atomic E-state index is 0.316. The van der Waals surface area contributed by atoms with Gasteiger partial charge < -0.3 is 15.0 Å². The fourth-order valence-electron chi connectivity index (χ4n) is 2.08. The van der Waals surface area contributed by atoms with Crippen LogP contribution in [-0.4, -0.2) is 44.8 Å². The number of halogens is 1. The number of hydrogen-bond donors (Lipinski definition) is 1. The van der Waals surface area contributed by atoms with E-state index in [0.717, 1.165) is 30.6 Å². The van der Waals surface area contributed by atoms with E-state index in [9.17, 15) is 0 Å². The SMILES string of the molecule is CNC(CCN(C)CCOC(C)C)c1ccc(Br)cc1. The van der Waals surface area contributed by atoms with Crippen molar-refractivity contribution >= 4 is 15.9 Å². The molecule has 0 amide bonds. The molecule has 1 aromatic rings. The molecule has 0 heterocycles. The van der Waals surface area contributed by atoms with E-state index in [1.165, 1.54) is 5.56 Å². The Bertz CT molecular complexity index is 367. The van der Waals surface area contributed by atoms with E-state index < -0.39 is 0 Å². The van der Waals surface area contributed by atoms with E-state index in [1.54, 1.807) is 0 Å². The van der Waals surface area contributed by atoms with Crippen molar-refractivity contribution in [2.24, 2.45) is 0 Å². The molecule has 0 saturated heterocycles. The van der Waals surface area contributed by atoms with Crippen LogP contribution in [0.1, 0.15) is 31.9 Å². The zero-order valence-corrected chi connectivity index (χ0v) is 14.6. The molecule has 1 aromatic carbocycles. The zero-order valence-electron chi connectivity index (χ0n) is 13.0. The summed E-state index contributed by atoms with van der Waals surface area (Å²) in [5.74, 6) is 0. The van der Waals surface area contributed by atoms with Gasteiger partial charge in [-0.3, -0.25) is 0 Å². The molecule has 1 rings (SSSR count). The second-order valence-corrected chi connectivity index (χ2v) is 6.32. The molecular weight excluding hydrogens is 316 g/mol. The van der Waals surface area contributed by atoms with Crippen molar-refractivity contribution in [2.75, 3.05) is 33.8 Å². The summed E-state index contributed by atoms with van der Waals surface area (Å²) in [5.41, 5.74) is 1.34. The van der Waals surface area contributed by atoms with Gasteiger partial charge in [0.2, 0.25) is 0 Å². The average molecular weight is 343 g/mol. The predicted molar refractivity (Wildman–Crippen MR) is 89.1 cm³/mol. The number of hydrogen-bond acceptors (Lipinski definition) is 3. The molecule has 1 N–H and O–H groups in total. The molecule has 0 aliphatic carbocycles. The Morgan fingerprint density at radius 2 is 1.85 bits per heavy atom. The molecule has 0 fully saturated rings. The zero-order chi connectivity index (χ0) is 15.0. The monoisotopic (exact) mass is 342 g/mol. The van der Waals surface area contributed by atoms with Crippen molar-refractivity contribution in [3.05, 3.63) is 34.3 Å². The van der Waals surface area contributed by atoms with E-state index in [2.05, 4.69) is 71.3 Å². The average Bonchev–Trinajstić information content (AvgIpc) is 2.41. The normalized spacial score (nSPS) is 13.2. The van der Waals surface area contributed by atoms with Gasteiger partial charge in [-0.05, 0) is 58.6 Å². The van der Waals surface area contributed by atoms with E-state index in [1.807, 2.05) is 7.05 Å². The lowest BCUT2D eigenvalue weighted by Gasteiger charge is -2.22. The van der Waals surface area contributed by atoms with Gasteiger partial charge in [0.1, 0.15) is 0 Å². The molecule has 0 aliphatic heterocycles. The van der Waals surface area contributed by atoms with Crippen molar-refractivity contribution < 1.29 is 4.74 Å². The van der Waals surface area contributed by atoms with Crippen molar-refractivity contribution in [3.8, 4) is 0 Å². The van der Waals surface area contributed by atoms with Gasteiger partial charge in [-0.1, -0.05) is 28.1 Å². The molecule has 114 valence electrons. The third kappa shape index (κ3) is 6.84.